The van der Waals surface area contributed by atoms with Gasteiger partial charge in [0.05, 0.1) is 23.4 Å². The van der Waals surface area contributed by atoms with Gasteiger partial charge >= 0.3 is 5.97 Å². The summed E-state index contributed by atoms with van der Waals surface area (Å²) in [6, 6.07) is 10.1. The Balaban J connectivity index is 1.63. The largest absolute Gasteiger partial charge is 0.490 e. The van der Waals surface area contributed by atoms with Gasteiger partial charge in [-0.1, -0.05) is 42.5 Å². The Hall–Kier alpha value is -2.35. The average Bonchev–Trinajstić information content (AvgIpc) is 2.76. The van der Waals surface area contributed by atoms with Crippen LogP contribution in [-0.4, -0.2) is 29.9 Å². The number of hydrogen-bond acceptors (Lipinski definition) is 5. The summed E-state index contributed by atoms with van der Waals surface area (Å²) in [4.78, 5) is 12.5. The molecule has 0 aliphatic heterocycles. The van der Waals surface area contributed by atoms with Gasteiger partial charge in [-0.3, -0.25) is 5.43 Å². The first kappa shape index (κ1) is 24.3. The fourth-order valence-electron chi connectivity index (χ4n) is 3.40. The molecule has 2 aromatic rings. The fraction of sp³-hybridized carbons (Fsp3) is 0.348. The van der Waals surface area contributed by atoms with E-state index in [1.54, 1.807) is 30.5 Å². The first-order chi connectivity index (χ1) is 15.5. The molecule has 1 aliphatic rings. The van der Waals surface area contributed by atoms with Crippen molar-refractivity contribution < 1.29 is 14.3 Å². The van der Waals surface area contributed by atoms with Crippen molar-refractivity contribution in [3.05, 3.63) is 57.6 Å². The van der Waals surface area contributed by atoms with Crippen LogP contribution in [0.2, 0.25) is 10.0 Å². The highest BCUT2D eigenvalue weighted by molar-refractivity contribution is 7.80. The number of ether oxygens (including phenoxy) is 2. The summed E-state index contributed by atoms with van der Waals surface area (Å²) in [5, 5.41) is 8.65. The summed E-state index contributed by atoms with van der Waals surface area (Å²) in [6.07, 6.45) is 7.63. The first-order valence-corrected chi connectivity index (χ1v) is 11.7. The lowest BCUT2D eigenvalue weighted by molar-refractivity contribution is 0.0728. The van der Waals surface area contributed by atoms with Gasteiger partial charge in [-0.15, -0.1) is 0 Å². The van der Waals surface area contributed by atoms with Crippen molar-refractivity contribution in [3.63, 3.8) is 0 Å². The van der Waals surface area contributed by atoms with E-state index in [-0.39, 0.29) is 16.3 Å². The van der Waals surface area contributed by atoms with Gasteiger partial charge in [-0.25, -0.2) is 4.79 Å². The van der Waals surface area contributed by atoms with Crippen LogP contribution in [-0.2, 0) is 0 Å². The van der Waals surface area contributed by atoms with E-state index in [9.17, 15) is 4.79 Å². The van der Waals surface area contributed by atoms with Crippen molar-refractivity contribution in [2.45, 2.75) is 45.1 Å². The lowest BCUT2D eigenvalue weighted by atomic mass is 9.96. The van der Waals surface area contributed by atoms with Gasteiger partial charge < -0.3 is 14.8 Å². The minimum Gasteiger partial charge on any atom is -0.490 e. The Morgan fingerprint density at radius 1 is 1.16 bits per heavy atom. The zero-order chi connectivity index (χ0) is 22.9. The molecule has 9 heteroatoms. The van der Waals surface area contributed by atoms with Gasteiger partial charge in [0.2, 0.25) is 0 Å². The number of thiocarbonyl (C=S) groups is 1. The molecule has 2 aromatic carbocycles. The summed E-state index contributed by atoms with van der Waals surface area (Å²) >= 11 is 17.3. The van der Waals surface area contributed by atoms with E-state index < -0.39 is 5.97 Å². The smallest absolute Gasteiger partial charge is 0.345 e. The molecule has 0 radical (unpaired) electrons. The maximum atomic E-state index is 12.5. The molecule has 0 spiro atoms. The number of esters is 1. The maximum absolute atomic E-state index is 12.5. The first-order valence-electron chi connectivity index (χ1n) is 10.5. The number of hydrazone groups is 1. The molecule has 170 valence electrons. The monoisotopic (exact) mass is 493 g/mol. The summed E-state index contributed by atoms with van der Waals surface area (Å²) in [5.41, 5.74) is 3.82. The van der Waals surface area contributed by atoms with E-state index in [1.807, 2.05) is 6.92 Å². The van der Waals surface area contributed by atoms with Crippen LogP contribution in [0.1, 0.15) is 54.9 Å². The molecule has 0 atom stereocenters. The molecule has 1 saturated carbocycles. The van der Waals surface area contributed by atoms with Crippen molar-refractivity contribution >= 4 is 52.7 Å². The van der Waals surface area contributed by atoms with Crippen LogP contribution in [0.15, 0.2) is 41.5 Å². The summed E-state index contributed by atoms with van der Waals surface area (Å²) < 4.78 is 11.1. The Morgan fingerprint density at radius 2 is 1.94 bits per heavy atom. The molecule has 0 unspecified atom stereocenters. The van der Waals surface area contributed by atoms with E-state index >= 15 is 0 Å². The highest BCUT2D eigenvalue weighted by Crippen LogP contribution is 2.30. The molecule has 0 heterocycles. The molecular weight excluding hydrogens is 469 g/mol. The normalized spacial score (nSPS) is 14.2. The van der Waals surface area contributed by atoms with Crippen LogP contribution in [0.4, 0.5) is 0 Å². The molecule has 6 nitrogen and oxygen atoms in total. The number of carbonyl (C=O) groups is 1. The number of nitrogens with zero attached hydrogens (tertiary/aromatic N) is 1. The predicted molar refractivity (Wildman–Crippen MR) is 132 cm³/mol. The average molecular weight is 494 g/mol. The molecule has 0 bridgehead atoms. The second-order valence-electron chi connectivity index (χ2n) is 7.33. The quantitative estimate of drug-likeness (QED) is 0.168. The van der Waals surface area contributed by atoms with Crippen LogP contribution in [0.25, 0.3) is 0 Å². The number of hydrogen-bond donors (Lipinski definition) is 2. The third kappa shape index (κ3) is 7.08. The molecule has 2 N–H and O–H groups in total. The van der Waals surface area contributed by atoms with Gasteiger partial charge in [0.1, 0.15) is 0 Å². The van der Waals surface area contributed by atoms with E-state index in [4.69, 9.17) is 44.9 Å². The number of halogens is 2. The summed E-state index contributed by atoms with van der Waals surface area (Å²) in [6.45, 7) is 2.25. The Morgan fingerprint density at radius 3 is 2.66 bits per heavy atom. The highest BCUT2D eigenvalue weighted by Gasteiger charge is 2.16. The van der Waals surface area contributed by atoms with Crippen molar-refractivity contribution in [2.75, 3.05) is 6.61 Å². The Labute approximate surface area is 203 Å². The number of benzene rings is 2. The lowest BCUT2D eigenvalue weighted by Crippen LogP contribution is -2.40. The molecule has 0 saturated heterocycles. The van der Waals surface area contributed by atoms with Crippen molar-refractivity contribution in [1.82, 2.24) is 10.7 Å². The fourth-order valence-corrected chi connectivity index (χ4v) is 4.10. The molecule has 0 amide bonds. The van der Waals surface area contributed by atoms with Gasteiger partial charge in [0.15, 0.2) is 16.6 Å². The van der Waals surface area contributed by atoms with Gasteiger partial charge in [-0.05, 0) is 73.9 Å². The summed E-state index contributed by atoms with van der Waals surface area (Å²) in [5.74, 6) is 0.0927. The Kier molecular flexibility index (Phi) is 9.14. The van der Waals surface area contributed by atoms with Crippen molar-refractivity contribution in [3.8, 4) is 11.5 Å². The van der Waals surface area contributed by atoms with E-state index in [1.165, 1.54) is 31.4 Å². The topological polar surface area (TPSA) is 71.9 Å². The Bertz CT molecular complexity index is 994. The molecule has 0 aromatic heterocycles. The highest BCUT2D eigenvalue weighted by atomic mass is 35.5. The SMILES string of the molecule is CCOc1cc(/C=N/NC(=S)NC2CCCCC2)ccc1OC(=O)c1ccc(Cl)cc1Cl. The van der Waals surface area contributed by atoms with E-state index in [0.717, 1.165) is 18.4 Å². The molecule has 3 rings (SSSR count). The predicted octanol–water partition coefficient (Wildman–Crippen LogP) is 5.74. The lowest BCUT2D eigenvalue weighted by Gasteiger charge is -2.23. The maximum Gasteiger partial charge on any atom is 0.345 e. The minimum absolute atomic E-state index is 0.215. The van der Waals surface area contributed by atoms with Crippen LogP contribution in [0.3, 0.4) is 0 Å². The van der Waals surface area contributed by atoms with Gasteiger partial charge in [-0.2, -0.15) is 5.10 Å². The molecule has 1 aliphatic carbocycles. The zero-order valence-corrected chi connectivity index (χ0v) is 20.0. The number of carbonyl (C=O) groups excluding carboxylic acids is 1. The van der Waals surface area contributed by atoms with Crippen LogP contribution in [0, 0.1) is 0 Å². The number of nitrogens with one attached hydrogen (secondary N) is 2. The van der Waals surface area contributed by atoms with Gasteiger partial charge in [0.25, 0.3) is 0 Å². The molecule has 1 fully saturated rings. The zero-order valence-electron chi connectivity index (χ0n) is 17.7. The third-order valence-corrected chi connectivity index (χ3v) is 5.70. The van der Waals surface area contributed by atoms with Crippen LogP contribution >= 0.6 is 35.4 Å². The van der Waals surface area contributed by atoms with Gasteiger partial charge in [0, 0.05) is 11.1 Å². The second kappa shape index (κ2) is 12.0. The standard InChI is InChI=1S/C23H25Cl2N3O3S/c1-2-30-21-12-15(14-26-28-23(32)27-17-6-4-3-5-7-17)8-11-20(21)31-22(29)18-10-9-16(24)13-19(18)25/h8-14,17H,2-7H2,1H3,(H2,27,28,32)/b26-14+. The van der Waals surface area contributed by atoms with Crippen molar-refractivity contribution in [2.24, 2.45) is 5.10 Å². The number of rotatable bonds is 7. The van der Waals surface area contributed by atoms with Crippen LogP contribution < -0.4 is 20.2 Å². The summed E-state index contributed by atoms with van der Waals surface area (Å²) in [7, 11) is 0. The third-order valence-electron chi connectivity index (χ3n) is 4.94. The van der Waals surface area contributed by atoms with E-state index in [0.29, 0.717) is 28.5 Å². The minimum atomic E-state index is -0.602. The second-order valence-corrected chi connectivity index (χ2v) is 8.58. The molecular formula is C23H25Cl2N3O3S. The van der Waals surface area contributed by atoms with E-state index in [2.05, 4.69) is 15.8 Å². The van der Waals surface area contributed by atoms with Crippen molar-refractivity contribution in [1.29, 1.82) is 0 Å². The van der Waals surface area contributed by atoms with Crippen LogP contribution in [0.5, 0.6) is 11.5 Å². The molecule has 32 heavy (non-hydrogen) atoms.